The Morgan fingerprint density at radius 2 is 0.904 bits per heavy atom. The molecule has 0 saturated carbocycles. The smallest absolute Gasteiger partial charge is 0.0205 e. The molecule has 0 aromatic heterocycles. The summed E-state index contributed by atoms with van der Waals surface area (Å²) in [7, 11) is 0. The van der Waals surface area contributed by atoms with Crippen molar-refractivity contribution >= 4 is 0 Å². The van der Waals surface area contributed by atoms with Gasteiger partial charge in [-0.1, -0.05) is 128 Å². The van der Waals surface area contributed by atoms with E-state index < -0.39 is 0 Å². The second-order valence-corrected chi connectivity index (χ2v) is 16.4. The first-order valence-corrected chi connectivity index (χ1v) is 21.1. The highest BCUT2D eigenvalue weighted by molar-refractivity contribution is 5.75. The van der Waals surface area contributed by atoms with Crippen LogP contribution >= 0.6 is 0 Å². The molecule has 0 aliphatic heterocycles. The highest BCUT2D eigenvalue weighted by Crippen LogP contribution is 2.34. The molecule has 3 aromatic rings. The molecule has 5 N–H and O–H groups in total. The molecule has 0 heterocycles. The SMILES string of the molecule is CCC(C)CNCCCNCCCCCc1ccc(-c2cc(-c3ccc(CNCCCNCCCNCC(C)CC)cc3)cc(C(C)(C)C)c2)cc1. The minimum atomic E-state index is 0.0761. The topological polar surface area (TPSA) is 60.1 Å². The first-order chi connectivity index (χ1) is 25.2. The number of hydrogen-bond donors (Lipinski definition) is 5. The van der Waals surface area contributed by atoms with E-state index in [1.54, 1.807) is 0 Å². The van der Waals surface area contributed by atoms with Gasteiger partial charge in [0, 0.05) is 6.54 Å². The predicted octanol–water partition coefficient (Wildman–Crippen LogP) is 9.74. The molecule has 3 rings (SSSR count). The molecule has 3 aromatic carbocycles. The van der Waals surface area contributed by atoms with Crippen LogP contribution in [0.3, 0.4) is 0 Å². The second-order valence-electron chi connectivity index (χ2n) is 16.4. The molecule has 5 heteroatoms. The third-order valence-electron chi connectivity index (χ3n) is 10.5. The van der Waals surface area contributed by atoms with Crippen molar-refractivity contribution in [1.82, 2.24) is 26.6 Å². The summed E-state index contributed by atoms with van der Waals surface area (Å²) in [6.07, 6.45) is 11.0. The second kappa shape index (κ2) is 25.5. The van der Waals surface area contributed by atoms with Crippen molar-refractivity contribution in [3.8, 4) is 22.3 Å². The Labute approximate surface area is 320 Å². The molecular weight excluding hydrogens is 635 g/mol. The average molecular weight is 712 g/mol. The van der Waals surface area contributed by atoms with E-state index in [0.717, 1.165) is 90.1 Å². The molecule has 0 saturated heterocycles. The van der Waals surface area contributed by atoms with Crippen LogP contribution in [0, 0.1) is 11.8 Å². The van der Waals surface area contributed by atoms with Crippen molar-refractivity contribution < 1.29 is 0 Å². The van der Waals surface area contributed by atoms with E-state index in [4.69, 9.17) is 0 Å². The molecule has 0 amide bonds. The van der Waals surface area contributed by atoms with E-state index in [-0.39, 0.29) is 5.41 Å². The minimum Gasteiger partial charge on any atom is -0.317 e. The summed E-state index contributed by atoms with van der Waals surface area (Å²) >= 11 is 0. The van der Waals surface area contributed by atoms with Crippen LogP contribution in [0.15, 0.2) is 66.7 Å². The number of unbranched alkanes of at least 4 members (excludes halogenated alkanes) is 2. The normalized spacial score (nSPS) is 13.1. The summed E-state index contributed by atoms with van der Waals surface area (Å²) in [5, 5.41) is 18.0. The Morgan fingerprint density at radius 1 is 0.462 bits per heavy atom. The Hall–Kier alpha value is -2.54. The van der Waals surface area contributed by atoms with Crippen LogP contribution in [0.1, 0.15) is 117 Å². The van der Waals surface area contributed by atoms with Gasteiger partial charge in [-0.15, -0.1) is 0 Å². The van der Waals surface area contributed by atoms with Gasteiger partial charge in [-0.2, -0.15) is 0 Å². The zero-order valence-electron chi connectivity index (χ0n) is 34.4. The third-order valence-corrected chi connectivity index (χ3v) is 10.5. The fourth-order valence-electron chi connectivity index (χ4n) is 6.31. The lowest BCUT2D eigenvalue weighted by Gasteiger charge is -2.22. The van der Waals surface area contributed by atoms with Gasteiger partial charge >= 0.3 is 0 Å². The van der Waals surface area contributed by atoms with Crippen molar-refractivity contribution in [3.05, 3.63) is 83.4 Å². The maximum absolute atomic E-state index is 3.63. The quantitative estimate of drug-likeness (QED) is 0.0486. The van der Waals surface area contributed by atoms with Crippen LogP contribution in [0.2, 0.25) is 0 Å². The van der Waals surface area contributed by atoms with Gasteiger partial charge in [-0.3, -0.25) is 0 Å². The molecule has 290 valence electrons. The van der Waals surface area contributed by atoms with E-state index >= 15 is 0 Å². The molecule has 5 nitrogen and oxygen atoms in total. The van der Waals surface area contributed by atoms with Gasteiger partial charge in [0.15, 0.2) is 0 Å². The molecule has 0 spiro atoms. The molecule has 2 atom stereocenters. The molecule has 52 heavy (non-hydrogen) atoms. The monoisotopic (exact) mass is 712 g/mol. The summed E-state index contributed by atoms with van der Waals surface area (Å²) in [6, 6.07) is 25.7. The number of benzene rings is 3. The fraction of sp³-hybridized carbons (Fsp3) is 0.617. The lowest BCUT2D eigenvalue weighted by atomic mass is 9.83. The first-order valence-electron chi connectivity index (χ1n) is 21.1. The van der Waals surface area contributed by atoms with Gasteiger partial charge in [-0.25, -0.2) is 0 Å². The largest absolute Gasteiger partial charge is 0.317 e. The standard InChI is InChI=1S/C47H77N5/c1-8-38(3)35-50-29-13-26-48-25-12-10-11-16-40-17-21-42(22-18-40)44-32-45(34-46(33-44)47(5,6)7)43-23-19-41(20-24-43)37-52-31-15-28-49-27-14-30-51-36-39(4)9-2/h17-24,32-34,38-39,48-52H,8-16,25-31,35-37H2,1-7H3. The molecule has 2 unspecified atom stereocenters. The highest BCUT2D eigenvalue weighted by atomic mass is 14.9. The summed E-state index contributed by atoms with van der Waals surface area (Å²) in [5.41, 5.74) is 9.41. The van der Waals surface area contributed by atoms with Crippen molar-refractivity contribution in [2.24, 2.45) is 11.8 Å². The van der Waals surface area contributed by atoms with Crippen LogP contribution in [0.4, 0.5) is 0 Å². The Morgan fingerprint density at radius 3 is 1.38 bits per heavy atom. The molecule has 0 fully saturated rings. The predicted molar refractivity (Wildman–Crippen MR) is 230 cm³/mol. The summed E-state index contributed by atoms with van der Waals surface area (Å²) in [6.45, 7) is 27.0. The van der Waals surface area contributed by atoms with Gasteiger partial charge in [-0.05, 0) is 160 Å². The van der Waals surface area contributed by atoms with E-state index in [9.17, 15) is 0 Å². The summed E-state index contributed by atoms with van der Waals surface area (Å²) in [5.74, 6) is 1.56. The summed E-state index contributed by atoms with van der Waals surface area (Å²) in [4.78, 5) is 0. The van der Waals surface area contributed by atoms with Crippen molar-refractivity contribution in [2.45, 2.75) is 118 Å². The zero-order valence-corrected chi connectivity index (χ0v) is 34.4. The number of aryl methyl sites for hydroxylation is 1. The van der Waals surface area contributed by atoms with Crippen molar-refractivity contribution in [3.63, 3.8) is 0 Å². The van der Waals surface area contributed by atoms with Gasteiger partial charge in [0.2, 0.25) is 0 Å². The molecular formula is C47H77N5. The van der Waals surface area contributed by atoms with Crippen molar-refractivity contribution in [2.75, 3.05) is 58.9 Å². The van der Waals surface area contributed by atoms with Crippen LogP contribution in [0.5, 0.6) is 0 Å². The minimum absolute atomic E-state index is 0.0761. The van der Waals surface area contributed by atoms with Gasteiger partial charge < -0.3 is 26.6 Å². The van der Waals surface area contributed by atoms with E-state index in [0.29, 0.717) is 0 Å². The highest BCUT2D eigenvalue weighted by Gasteiger charge is 2.17. The molecule has 0 aliphatic rings. The number of hydrogen-bond acceptors (Lipinski definition) is 5. The average Bonchev–Trinajstić information content (AvgIpc) is 3.15. The lowest BCUT2D eigenvalue weighted by Crippen LogP contribution is -2.27. The molecule has 0 aliphatic carbocycles. The van der Waals surface area contributed by atoms with E-state index in [2.05, 4.69) is 142 Å². The van der Waals surface area contributed by atoms with E-state index in [1.165, 1.54) is 83.9 Å². The lowest BCUT2D eigenvalue weighted by molar-refractivity contribution is 0.488. The van der Waals surface area contributed by atoms with Crippen LogP contribution in [0.25, 0.3) is 22.3 Å². The van der Waals surface area contributed by atoms with E-state index in [1.807, 2.05) is 0 Å². The maximum atomic E-state index is 3.63. The number of rotatable bonds is 28. The Bertz CT molecular complexity index is 1230. The van der Waals surface area contributed by atoms with Gasteiger partial charge in [0.25, 0.3) is 0 Å². The van der Waals surface area contributed by atoms with Crippen LogP contribution in [-0.2, 0) is 18.4 Å². The first kappa shape index (κ1) is 43.9. The maximum Gasteiger partial charge on any atom is 0.0205 e. The molecule has 0 bridgehead atoms. The fourth-order valence-corrected chi connectivity index (χ4v) is 6.31. The number of nitrogens with one attached hydrogen (secondary N) is 5. The zero-order chi connectivity index (χ0) is 37.4. The van der Waals surface area contributed by atoms with Gasteiger partial charge in [0.1, 0.15) is 0 Å². The van der Waals surface area contributed by atoms with Crippen LogP contribution < -0.4 is 26.6 Å². The Kier molecular flexibility index (Phi) is 21.5. The summed E-state index contributed by atoms with van der Waals surface area (Å²) < 4.78 is 0. The van der Waals surface area contributed by atoms with Crippen LogP contribution in [-0.4, -0.2) is 58.9 Å². The Balaban J connectivity index is 1.40. The van der Waals surface area contributed by atoms with Gasteiger partial charge in [0.05, 0.1) is 0 Å². The molecule has 0 radical (unpaired) electrons. The third kappa shape index (κ3) is 18.0. The van der Waals surface area contributed by atoms with Crippen molar-refractivity contribution in [1.29, 1.82) is 0 Å².